The summed E-state index contributed by atoms with van der Waals surface area (Å²) in [7, 11) is 0. The van der Waals surface area contributed by atoms with Crippen LogP contribution in [0.15, 0.2) is 18.2 Å². The van der Waals surface area contributed by atoms with E-state index < -0.39 is 12.1 Å². The molecule has 0 heterocycles. The van der Waals surface area contributed by atoms with Gasteiger partial charge in [-0.25, -0.2) is 4.79 Å². The highest BCUT2D eigenvalue weighted by Crippen LogP contribution is 2.66. The summed E-state index contributed by atoms with van der Waals surface area (Å²) >= 11 is 0. The van der Waals surface area contributed by atoms with Crippen molar-refractivity contribution in [2.24, 2.45) is 16.7 Å². The van der Waals surface area contributed by atoms with Crippen LogP contribution in [-0.4, -0.2) is 33.5 Å². The largest absolute Gasteiger partial charge is 0.504 e. The minimum Gasteiger partial charge on any atom is -0.504 e. The molecular weight excluding hydrogens is 308 g/mol. The third-order valence-electron chi connectivity index (χ3n) is 6.71. The lowest BCUT2D eigenvalue weighted by molar-refractivity contribution is -0.166. The van der Waals surface area contributed by atoms with E-state index >= 15 is 0 Å². The highest BCUT2D eigenvalue weighted by molar-refractivity contribution is 5.75. The minimum absolute atomic E-state index is 0.0378. The summed E-state index contributed by atoms with van der Waals surface area (Å²) < 4.78 is 5.67. The zero-order valence-corrected chi connectivity index (χ0v) is 14.5. The fraction of sp³-hybridized carbons (Fsp3) is 0.632. The number of aliphatic hydroxyl groups is 1. The van der Waals surface area contributed by atoms with Crippen molar-refractivity contribution in [2.75, 3.05) is 0 Å². The van der Waals surface area contributed by atoms with Gasteiger partial charge in [0.15, 0.2) is 17.6 Å². The Kier molecular flexibility index (Phi) is 4.03. The molecular formula is C19H26O5. The number of aromatic hydroxyl groups is 2. The summed E-state index contributed by atoms with van der Waals surface area (Å²) in [5.74, 6) is -0.549. The second kappa shape index (κ2) is 5.66. The standard InChI is InChI=1S/C19H26O5/c1-18(2)12-6-7-19(18,3)16(10-12)24-17(23)15(22)9-11-4-5-13(20)14(21)8-11/h4-5,8,12,15-16,20-22H,6-7,9-10H2,1-3H3/t12?,15-,16?,19?/m1/s1. The third-order valence-corrected chi connectivity index (χ3v) is 6.71. The van der Waals surface area contributed by atoms with Gasteiger partial charge in [-0.1, -0.05) is 26.8 Å². The molecule has 5 nitrogen and oxygen atoms in total. The molecule has 3 rings (SSSR count). The maximum absolute atomic E-state index is 12.3. The van der Waals surface area contributed by atoms with Crippen LogP contribution in [0.2, 0.25) is 0 Å². The van der Waals surface area contributed by atoms with Gasteiger partial charge in [-0.2, -0.15) is 0 Å². The van der Waals surface area contributed by atoms with Gasteiger partial charge in [0.25, 0.3) is 0 Å². The lowest BCUT2D eigenvalue weighted by atomic mass is 9.70. The summed E-state index contributed by atoms with van der Waals surface area (Å²) in [5, 5.41) is 29.0. The number of aliphatic hydroxyl groups excluding tert-OH is 1. The second-order valence-electron chi connectivity index (χ2n) is 8.08. The molecule has 132 valence electrons. The first-order valence-corrected chi connectivity index (χ1v) is 8.54. The molecule has 24 heavy (non-hydrogen) atoms. The molecule has 0 spiro atoms. The molecule has 0 saturated heterocycles. The fourth-order valence-electron chi connectivity index (χ4n) is 4.53. The molecule has 5 heteroatoms. The first-order chi connectivity index (χ1) is 11.1. The zero-order valence-electron chi connectivity index (χ0n) is 14.5. The predicted molar refractivity (Wildman–Crippen MR) is 88.6 cm³/mol. The third kappa shape index (κ3) is 2.55. The quantitative estimate of drug-likeness (QED) is 0.582. The van der Waals surface area contributed by atoms with Crippen molar-refractivity contribution >= 4 is 5.97 Å². The Labute approximate surface area is 142 Å². The summed E-state index contributed by atoms with van der Waals surface area (Å²) in [4.78, 5) is 12.3. The number of hydrogen-bond acceptors (Lipinski definition) is 5. The zero-order chi connectivity index (χ0) is 17.7. The lowest BCUT2D eigenvalue weighted by Crippen LogP contribution is -2.40. The predicted octanol–water partition coefficient (Wildman–Crippen LogP) is 2.76. The lowest BCUT2D eigenvalue weighted by Gasteiger charge is -2.38. The summed E-state index contributed by atoms with van der Waals surface area (Å²) in [5.41, 5.74) is 0.671. The number of phenols is 2. The summed E-state index contributed by atoms with van der Waals surface area (Å²) in [6.45, 7) is 6.67. The van der Waals surface area contributed by atoms with Gasteiger partial charge < -0.3 is 20.1 Å². The topological polar surface area (TPSA) is 87.0 Å². The molecule has 2 fully saturated rings. The molecule has 4 atom stereocenters. The highest BCUT2D eigenvalue weighted by atomic mass is 16.6. The maximum atomic E-state index is 12.3. The number of ether oxygens (including phenoxy) is 1. The van der Waals surface area contributed by atoms with Crippen molar-refractivity contribution in [2.45, 2.75) is 58.7 Å². The van der Waals surface area contributed by atoms with E-state index in [4.69, 9.17) is 4.74 Å². The molecule has 0 radical (unpaired) electrons. The van der Waals surface area contributed by atoms with Crippen molar-refractivity contribution in [1.82, 2.24) is 0 Å². The molecule has 2 aliphatic carbocycles. The second-order valence-corrected chi connectivity index (χ2v) is 8.08. The van der Waals surface area contributed by atoms with Crippen molar-refractivity contribution < 1.29 is 24.9 Å². The van der Waals surface area contributed by atoms with E-state index in [1.54, 1.807) is 6.07 Å². The Bertz CT molecular complexity index is 653. The van der Waals surface area contributed by atoms with Crippen LogP contribution in [0.1, 0.15) is 45.6 Å². The fourth-order valence-corrected chi connectivity index (χ4v) is 4.53. The van der Waals surface area contributed by atoms with E-state index in [0.29, 0.717) is 11.5 Å². The Balaban J connectivity index is 1.64. The summed E-state index contributed by atoms with van der Waals surface area (Å²) in [6, 6.07) is 4.24. The number of hydrogen-bond donors (Lipinski definition) is 3. The van der Waals surface area contributed by atoms with E-state index in [9.17, 15) is 20.1 Å². The van der Waals surface area contributed by atoms with Crippen molar-refractivity contribution in [1.29, 1.82) is 0 Å². The number of carbonyl (C=O) groups excluding carboxylic acids is 1. The van der Waals surface area contributed by atoms with Gasteiger partial charge >= 0.3 is 5.97 Å². The number of carbonyl (C=O) groups is 1. The normalized spacial score (nSPS) is 31.8. The molecule has 2 aliphatic rings. The maximum Gasteiger partial charge on any atom is 0.335 e. The van der Waals surface area contributed by atoms with Crippen LogP contribution in [0.5, 0.6) is 11.5 Å². The van der Waals surface area contributed by atoms with Gasteiger partial charge in [0, 0.05) is 11.8 Å². The van der Waals surface area contributed by atoms with Gasteiger partial charge in [0.05, 0.1) is 0 Å². The molecule has 0 amide bonds. The van der Waals surface area contributed by atoms with Crippen LogP contribution in [0.4, 0.5) is 0 Å². The van der Waals surface area contributed by atoms with Gasteiger partial charge in [-0.3, -0.25) is 0 Å². The molecule has 1 aromatic carbocycles. The van der Waals surface area contributed by atoms with E-state index in [1.165, 1.54) is 18.6 Å². The smallest absolute Gasteiger partial charge is 0.335 e. The Hall–Kier alpha value is -1.75. The number of fused-ring (bicyclic) bond motifs is 2. The van der Waals surface area contributed by atoms with E-state index in [1.807, 2.05) is 0 Å². The van der Waals surface area contributed by atoms with Crippen LogP contribution in [0.3, 0.4) is 0 Å². The Morgan fingerprint density at radius 3 is 2.54 bits per heavy atom. The average Bonchev–Trinajstić information content (AvgIpc) is 2.84. The SMILES string of the molecule is CC1(C)C2CCC1(C)C(OC(=O)[C@H](O)Cc1ccc(O)c(O)c1)C2. The number of phenolic OH excluding ortho intramolecular Hbond substituents is 2. The van der Waals surface area contributed by atoms with Crippen LogP contribution >= 0.6 is 0 Å². The molecule has 2 saturated carbocycles. The Morgan fingerprint density at radius 2 is 2.00 bits per heavy atom. The number of esters is 1. The average molecular weight is 334 g/mol. The molecule has 3 unspecified atom stereocenters. The van der Waals surface area contributed by atoms with E-state index in [-0.39, 0.29) is 34.9 Å². The van der Waals surface area contributed by atoms with Crippen molar-refractivity contribution in [3.05, 3.63) is 23.8 Å². The molecule has 0 aromatic heterocycles. The van der Waals surface area contributed by atoms with Crippen molar-refractivity contribution in [3.63, 3.8) is 0 Å². The van der Waals surface area contributed by atoms with Crippen molar-refractivity contribution in [3.8, 4) is 11.5 Å². The Morgan fingerprint density at radius 1 is 1.29 bits per heavy atom. The number of benzene rings is 1. The van der Waals surface area contributed by atoms with Crippen LogP contribution in [0, 0.1) is 16.7 Å². The van der Waals surface area contributed by atoms with Gasteiger partial charge in [0.2, 0.25) is 0 Å². The monoisotopic (exact) mass is 334 g/mol. The van der Waals surface area contributed by atoms with Crippen LogP contribution in [-0.2, 0) is 16.0 Å². The first kappa shape index (κ1) is 17.1. The highest BCUT2D eigenvalue weighted by Gasteiger charge is 2.63. The number of rotatable bonds is 4. The van der Waals surface area contributed by atoms with Crippen LogP contribution in [0.25, 0.3) is 0 Å². The molecule has 3 N–H and O–H groups in total. The van der Waals surface area contributed by atoms with E-state index in [2.05, 4.69) is 20.8 Å². The van der Waals surface area contributed by atoms with E-state index in [0.717, 1.165) is 12.8 Å². The van der Waals surface area contributed by atoms with Crippen LogP contribution < -0.4 is 0 Å². The van der Waals surface area contributed by atoms with Gasteiger partial charge in [0.1, 0.15) is 6.10 Å². The summed E-state index contributed by atoms with van der Waals surface area (Å²) in [6.07, 6.45) is 1.70. The molecule has 1 aromatic rings. The van der Waals surface area contributed by atoms with Gasteiger partial charge in [-0.05, 0) is 48.3 Å². The first-order valence-electron chi connectivity index (χ1n) is 8.54. The minimum atomic E-state index is -1.28. The molecule has 2 bridgehead atoms. The van der Waals surface area contributed by atoms with Gasteiger partial charge in [-0.15, -0.1) is 0 Å². The molecule has 0 aliphatic heterocycles.